The van der Waals surface area contributed by atoms with Gasteiger partial charge in [0.05, 0.1) is 13.1 Å². The van der Waals surface area contributed by atoms with Gasteiger partial charge >= 0.3 is 12.1 Å². The molecule has 0 N–H and O–H groups in total. The van der Waals surface area contributed by atoms with Crippen LogP contribution in [0.2, 0.25) is 0 Å². The molecular formula is C18H15F3N2O4. The lowest BCUT2D eigenvalue weighted by Gasteiger charge is -2.38. The number of ether oxygens (including phenoxy) is 2. The lowest BCUT2D eigenvalue weighted by Crippen LogP contribution is -2.56. The second kappa shape index (κ2) is 7.26. The zero-order valence-electron chi connectivity index (χ0n) is 14.2. The van der Waals surface area contributed by atoms with Crippen molar-refractivity contribution in [2.24, 2.45) is 0 Å². The molecular weight excluding hydrogens is 365 g/mol. The van der Waals surface area contributed by atoms with Crippen LogP contribution in [0.25, 0.3) is 0 Å². The number of pyridine rings is 1. The van der Waals surface area contributed by atoms with E-state index in [1.165, 1.54) is 48.2 Å². The van der Waals surface area contributed by atoms with E-state index < -0.39 is 23.9 Å². The summed E-state index contributed by atoms with van der Waals surface area (Å²) in [5, 5.41) is 0. The molecule has 1 aromatic carbocycles. The van der Waals surface area contributed by atoms with Gasteiger partial charge in [-0.1, -0.05) is 6.07 Å². The number of nitrogens with zero attached hydrogens (tertiary/aromatic N) is 2. The van der Waals surface area contributed by atoms with Crippen LogP contribution in [0.3, 0.4) is 0 Å². The summed E-state index contributed by atoms with van der Waals surface area (Å²) >= 11 is 0. The Labute approximate surface area is 152 Å². The number of halogens is 3. The summed E-state index contributed by atoms with van der Waals surface area (Å²) in [5.41, 5.74) is -0.623. The maximum absolute atomic E-state index is 12.7. The van der Waals surface area contributed by atoms with Crippen LogP contribution in [0.5, 0.6) is 11.6 Å². The SMILES string of the molecule is CC(=O)Oc1ccc(C(=O)N2CC(Oc3cccc(C(F)(F)F)n3)C2)cc1. The monoisotopic (exact) mass is 380 g/mol. The van der Waals surface area contributed by atoms with Crippen molar-refractivity contribution in [2.45, 2.75) is 19.2 Å². The van der Waals surface area contributed by atoms with Crippen molar-refractivity contribution in [3.05, 3.63) is 53.7 Å². The molecule has 1 amide bonds. The average molecular weight is 380 g/mol. The summed E-state index contributed by atoms with van der Waals surface area (Å²) in [6, 6.07) is 9.50. The van der Waals surface area contributed by atoms with Crippen LogP contribution in [0, 0.1) is 0 Å². The zero-order valence-corrected chi connectivity index (χ0v) is 14.2. The number of amides is 1. The van der Waals surface area contributed by atoms with Crippen molar-refractivity contribution >= 4 is 11.9 Å². The number of benzene rings is 1. The first-order chi connectivity index (χ1) is 12.7. The number of carbonyl (C=O) groups excluding carboxylic acids is 2. The first kappa shape index (κ1) is 18.7. The van der Waals surface area contributed by atoms with Crippen molar-refractivity contribution in [2.75, 3.05) is 13.1 Å². The Kier molecular flexibility index (Phi) is 5.02. The molecule has 1 fully saturated rings. The summed E-state index contributed by atoms with van der Waals surface area (Å²) < 4.78 is 48.3. The van der Waals surface area contributed by atoms with Gasteiger partial charge in [-0.2, -0.15) is 13.2 Å². The van der Waals surface area contributed by atoms with E-state index in [2.05, 4.69) is 4.98 Å². The van der Waals surface area contributed by atoms with Gasteiger partial charge in [0, 0.05) is 18.6 Å². The second-order valence-electron chi connectivity index (χ2n) is 5.93. The number of hydrogen-bond donors (Lipinski definition) is 0. The van der Waals surface area contributed by atoms with Crippen LogP contribution in [-0.2, 0) is 11.0 Å². The Balaban J connectivity index is 1.55. The fraction of sp³-hybridized carbons (Fsp3) is 0.278. The minimum Gasteiger partial charge on any atom is -0.471 e. The first-order valence-corrected chi connectivity index (χ1v) is 8.01. The van der Waals surface area contributed by atoms with Crippen LogP contribution in [-0.4, -0.2) is 41.0 Å². The van der Waals surface area contributed by atoms with Gasteiger partial charge in [0.25, 0.3) is 5.91 Å². The predicted octanol–water partition coefficient (Wildman–Crippen LogP) is 2.93. The maximum Gasteiger partial charge on any atom is 0.433 e. The van der Waals surface area contributed by atoms with E-state index in [1.807, 2.05) is 0 Å². The van der Waals surface area contributed by atoms with E-state index in [0.29, 0.717) is 11.3 Å². The van der Waals surface area contributed by atoms with Crippen LogP contribution in [0.15, 0.2) is 42.5 Å². The Bertz CT molecular complexity index is 846. The molecule has 0 spiro atoms. The first-order valence-electron chi connectivity index (χ1n) is 8.01. The standard InChI is InChI=1S/C18H15F3N2O4/c1-11(24)26-13-7-5-12(6-8-13)17(25)23-9-14(10-23)27-16-4-2-3-15(22-16)18(19,20)21/h2-8,14H,9-10H2,1H3. The molecule has 1 aliphatic rings. The number of rotatable bonds is 4. The molecule has 142 valence electrons. The fourth-order valence-electron chi connectivity index (χ4n) is 2.50. The molecule has 2 heterocycles. The van der Waals surface area contributed by atoms with Crippen molar-refractivity contribution in [3.8, 4) is 11.6 Å². The lowest BCUT2D eigenvalue weighted by molar-refractivity contribution is -0.141. The molecule has 2 aromatic rings. The van der Waals surface area contributed by atoms with Gasteiger partial charge in [-0.05, 0) is 30.3 Å². The Morgan fingerprint density at radius 3 is 2.37 bits per heavy atom. The molecule has 1 aliphatic heterocycles. The fourth-order valence-corrected chi connectivity index (χ4v) is 2.50. The maximum atomic E-state index is 12.7. The quantitative estimate of drug-likeness (QED) is 0.603. The van der Waals surface area contributed by atoms with Crippen molar-refractivity contribution in [1.82, 2.24) is 9.88 Å². The average Bonchev–Trinajstić information content (AvgIpc) is 2.57. The largest absolute Gasteiger partial charge is 0.471 e. The Morgan fingerprint density at radius 1 is 1.11 bits per heavy atom. The highest BCUT2D eigenvalue weighted by atomic mass is 19.4. The molecule has 0 atom stereocenters. The van der Waals surface area contributed by atoms with E-state index in [0.717, 1.165) is 6.07 Å². The van der Waals surface area contributed by atoms with E-state index in [9.17, 15) is 22.8 Å². The van der Waals surface area contributed by atoms with Crippen LogP contribution in [0.1, 0.15) is 23.0 Å². The minimum atomic E-state index is -4.54. The number of likely N-dealkylation sites (tertiary alicyclic amines) is 1. The summed E-state index contributed by atoms with van der Waals surface area (Å²) in [4.78, 5) is 28.2. The van der Waals surface area contributed by atoms with Gasteiger partial charge in [-0.25, -0.2) is 4.98 Å². The molecule has 3 rings (SSSR count). The van der Waals surface area contributed by atoms with Gasteiger partial charge in [-0.3, -0.25) is 9.59 Å². The number of carbonyl (C=O) groups is 2. The van der Waals surface area contributed by atoms with Gasteiger partial charge in [0.1, 0.15) is 17.5 Å². The van der Waals surface area contributed by atoms with Gasteiger partial charge in [0.2, 0.25) is 5.88 Å². The molecule has 0 aliphatic carbocycles. The van der Waals surface area contributed by atoms with E-state index in [4.69, 9.17) is 9.47 Å². The summed E-state index contributed by atoms with van der Waals surface area (Å²) in [6.45, 7) is 1.75. The highest BCUT2D eigenvalue weighted by Gasteiger charge is 2.35. The molecule has 9 heteroatoms. The molecule has 0 radical (unpaired) electrons. The molecule has 0 bridgehead atoms. The minimum absolute atomic E-state index is 0.132. The van der Waals surface area contributed by atoms with Crippen molar-refractivity contribution in [3.63, 3.8) is 0 Å². The molecule has 27 heavy (non-hydrogen) atoms. The second-order valence-corrected chi connectivity index (χ2v) is 5.93. The highest BCUT2D eigenvalue weighted by molar-refractivity contribution is 5.95. The van der Waals surface area contributed by atoms with Crippen molar-refractivity contribution < 1.29 is 32.2 Å². The Morgan fingerprint density at radius 2 is 1.78 bits per heavy atom. The van der Waals surface area contributed by atoms with Gasteiger partial charge < -0.3 is 14.4 Å². The smallest absolute Gasteiger partial charge is 0.433 e. The lowest BCUT2D eigenvalue weighted by atomic mass is 10.1. The van der Waals surface area contributed by atoms with Gasteiger partial charge in [-0.15, -0.1) is 0 Å². The molecule has 1 aromatic heterocycles. The zero-order chi connectivity index (χ0) is 19.6. The normalized spacial score (nSPS) is 14.4. The third kappa shape index (κ3) is 4.55. The number of hydrogen-bond acceptors (Lipinski definition) is 5. The van der Waals surface area contributed by atoms with Crippen molar-refractivity contribution in [1.29, 1.82) is 0 Å². The molecule has 6 nitrogen and oxygen atoms in total. The molecule has 0 unspecified atom stereocenters. The topological polar surface area (TPSA) is 68.7 Å². The van der Waals surface area contributed by atoms with E-state index >= 15 is 0 Å². The van der Waals surface area contributed by atoms with Crippen LogP contribution >= 0.6 is 0 Å². The predicted molar refractivity (Wildman–Crippen MR) is 87.3 cm³/mol. The summed E-state index contributed by atoms with van der Waals surface area (Å²) in [6.07, 6.45) is -4.97. The number of aromatic nitrogens is 1. The number of esters is 1. The molecule has 0 saturated carbocycles. The van der Waals surface area contributed by atoms with E-state index in [-0.39, 0.29) is 24.9 Å². The highest BCUT2D eigenvalue weighted by Crippen LogP contribution is 2.29. The Hall–Kier alpha value is -3.10. The summed E-state index contributed by atoms with van der Waals surface area (Å²) in [7, 11) is 0. The summed E-state index contributed by atoms with van der Waals surface area (Å²) in [5.74, 6) is -0.506. The van der Waals surface area contributed by atoms with Gasteiger partial charge in [0.15, 0.2) is 0 Å². The van der Waals surface area contributed by atoms with Crippen LogP contribution < -0.4 is 9.47 Å². The third-order valence-electron chi connectivity index (χ3n) is 3.80. The third-order valence-corrected chi connectivity index (χ3v) is 3.80. The molecule has 1 saturated heterocycles. The number of alkyl halides is 3. The van der Waals surface area contributed by atoms with E-state index in [1.54, 1.807) is 0 Å². The van der Waals surface area contributed by atoms with Crippen LogP contribution in [0.4, 0.5) is 13.2 Å².